The lowest BCUT2D eigenvalue weighted by molar-refractivity contribution is -0.0237. The Kier molecular flexibility index (Phi) is 5.17. The summed E-state index contributed by atoms with van der Waals surface area (Å²) in [7, 11) is 1.94. The van der Waals surface area contributed by atoms with Crippen LogP contribution >= 0.6 is 0 Å². The molecule has 4 nitrogen and oxygen atoms in total. The summed E-state index contributed by atoms with van der Waals surface area (Å²) in [6.07, 6.45) is 2.74. The van der Waals surface area contributed by atoms with Crippen molar-refractivity contribution >= 4 is 5.96 Å². The number of rotatable bonds is 5. The SMILES string of the molecule is CCNC(=NCC1(O)CCC1)N(C)Cc1ccc(F)cc1. The van der Waals surface area contributed by atoms with Crippen LogP contribution in [0.15, 0.2) is 29.3 Å². The molecule has 1 aliphatic rings. The summed E-state index contributed by atoms with van der Waals surface area (Å²) in [5.41, 5.74) is 0.407. The molecule has 0 bridgehead atoms. The van der Waals surface area contributed by atoms with Gasteiger partial charge in [-0.1, -0.05) is 12.1 Å². The minimum atomic E-state index is -0.614. The molecule has 0 aliphatic heterocycles. The van der Waals surface area contributed by atoms with Crippen molar-refractivity contribution in [3.05, 3.63) is 35.6 Å². The first kappa shape index (κ1) is 15.8. The van der Waals surface area contributed by atoms with Crippen LogP contribution in [-0.2, 0) is 6.54 Å². The van der Waals surface area contributed by atoms with Crippen molar-refractivity contribution in [2.75, 3.05) is 20.1 Å². The number of nitrogens with zero attached hydrogens (tertiary/aromatic N) is 2. The van der Waals surface area contributed by atoms with Crippen molar-refractivity contribution in [2.45, 2.75) is 38.3 Å². The predicted molar refractivity (Wildman–Crippen MR) is 82.6 cm³/mol. The molecule has 1 aromatic rings. The Labute approximate surface area is 125 Å². The molecule has 116 valence electrons. The topological polar surface area (TPSA) is 47.9 Å². The molecule has 2 N–H and O–H groups in total. The van der Waals surface area contributed by atoms with Gasteiger partial charge in [-0.15, -0.1) is 0 Å². The Hall–Kier alpha value is -1.62. The van der Waals surface area contributed by atoms with Gasteiger partial charge in [0.15, 0.2) is 5.96 Å². The van der Waals surface area contributed by atoms with Gasteiger partial charge in [0, 0.05) is 20.1 Å². The molecule has 21 heavy (non-hydrogen) atoms. The van der Waals surface area contributed by atoms with E-state index in [0.717, 1.165) is 37.3 Å². The Morgan fingerprint density at radius 3 is 2.57 bits per heavy atom. The minimum absolute atomic E-state index is 0.228. The Bertz CT molecular complexity index is 483. The molecule has 0 heterocycles. The first-order chi connectivity index (χ1) is 10.0. The molecular formula is C16H24FN3O. The van der Waals surface area contributed by atoms with Crippen LogP contribution in [-0.4, -0.2) is 41.7 Å². The van der Waals surface area contributed by atoms with E-state index in [2.05, 4.69) is 10.3 Å². The molecule has 2 rings (SSSR count). The van der Waals surface area contributed by atoms with Crippen molar-refractivity contribution in [1.29, 1.82) is 0 Å². The van der Waals surface area contributed by atoms with Crippen molar-refractivity contribution in [3.8, 4) is 0 Å². The van der Waals surface area contributed by atoms with Crippen molar-refractivity contribution in [1.82, 2.24) is 10.2 Å². The highest BCUT2D eigenvalue weighted by atomic mass is 19.1. The van der Waals surface area contributed by atoms with Gasteiger partial charge < -0.3 is 15.3 Å². The summed E-state index contributed by atoms with van der Waals surface area (Å²) in [6, 6.07) is 6.47. The maximum Gasteiger partial charge on any atom is 0.194 e. The Morgan fingerprint density at radius 1 is 1.38 bits per heavy atom. The zero-order valence-electron chi connectivity index (χ0n) is 12.8. The van der Waals surface area contributed by atoms with Crippen LogP contribution in [0, 0.1) is 5.82 Å². The molecule has 0 radical (unpaired) electrons. The molecule has 0 amide bonds. The van der Waals surface area contributed by atoms with E-state index in [9.17, 15) is 9.50 Å². The van der Waals surface area contributed by atoms with E-state index in [1.54, 1.807) is 12.1 Å². The molecule has 0 saturated heterocycles. The van der Waals surface area contributed by atoms with Crippen LogP contribution in [0.2, 0.25) is 0 Å². The largest absolute Gasteiger partial charge is 0.388 e. The molecule has 1 saturated carbocycles. The van der Waals surface area contributed by atoms with Gasteiger partial charge in [-0.2, -0.15) is 0 Å². The first-order valence-corrected chi connectivity index (χ1v) is 7.49. The minimum Gasteiger partial charge on any atom is -0.388 e. The Morgan fingerprint density at radius 2 is 2.05 bits per heavy atom. The molecule has 0 unspecified atom stereocenters. The maximum absolute atomic E-state index is 12.9. The van der Waals surface area contributed by atoms with Gasteiger partial charge in [0.05, 0.1) is 12.1 Å². The summed E-state index contributed by atoms with van der Waals surface area (Å²) in [4.78, 5) is 6.51. The van der Waals surface area contributed by atoms with Crippen molar-refractivity contribution in [2.24, 2.45) is 4.99 Å². The molecule has 0 spiro atoms. The summed E-state index contributed by atoms with van der Waals surface area (Å²) in [6.45, 7) is 3.86. The molecule has 1 aromatic carbocycles. The molecule has 0 atom stereocenters. The number of nitrogens with one attached hydrogen (secondary N) is 1. The van der Waals surface area contributed by atoms with E-state index in [1.807, 2.05) is 18.9 Å². The number of halogens is 1. The Balaban J connectivity index is 1.98. The third kappa shape index (κ3) is 4.43. The number of aliphatic imine (C=N–C) groups is 1. The second-order valence-electron chi connectivity index (χ2n) is 5.73. The highest BCUT2D eigenvalue weighted by Gasteiger charge is 2.34. The summed E-state index contributed by atoms with van der Waals surface area (Å²) < 4.78 is 12.9. The van der Waals surface area contributed by atoms with Gasteiger partial charge in [0.25, 0.3) is 0 Å². The van der Waals surface area contributed by atoms with Gasteiger partial charge in [-0.05, 0) is 43.9 Å². The van der Waals surface area contributed by atoms with E-state index in [0.29, 0.717) is 13.1 Å². The number of hydrogen-bond donors (Lipinski definition) is 2. The summed E-state index contributed by atoms with van der Waals surface area (Å²) in [5.74, 6) is 0.538. The van der Waals surface area contributed by atoms with Crippen LogP contribution in [0.25, 0.3) is 0 Å². The zero-order valence-corrected chi connectivity index (χ0v) is 12.8. The van der Waals surface area contributed by atoms with Crippen LogP contribution in [0.1, 0.15) is 31.7 Å². The van der Waals surface area contributed by atoms with Gasteiger partial charge >= 0.3 is 0 Å². The van der Waals surface area contributed by atoms with Gasteiger partial charge in [-0.25, -0.2) is 4.39 Å². The lowest BCUT2D eigenvalue weighted by Gasteiger charge is -2.35. The maximum atomic E-state index is 12.9. The fourth-order valence-electron chi connectivity index (χ4n) is 2.37. The van der Waals surface area contributed by atoms with Gasteiger partial charge in [0.2, 0.25) is 0 Å². The number of aliphatic hydroxyl groups is 1. The van der Waals surface area contributed by atoms with E-state index >= 15 is 0 Å². The first-order valence-electron chi connectivity index (χ1n) is 7.49. The van der Waals surface area contributed by atoms with Crippen molar-refractivity contribution in [3.63, 3.8) is 0 Å². The van der Waals surface area contributed by atoms with Crippen molar-refractivity contribution < 1.29 is 9.50 Å². The van der Waals surface area contributed by atoms with E-state index < -0.39 is 5.60 Å². The normalized spacial score (nSPS) is 17.2. The second-order valence-corrected chi connectivity index (χ2v) is 5.73. The van der Waals surface area contributed by atoms with Gasteiger partial charge in [0.1, 0.15) is 5.82 Å². The average Bonchev–Trinajstić information content (AvgIpc) is 2.43. The molecule has 1 fully saturated rings. The number of guanidine groups is 1. The highest BCUT2D eigenvalue weighted by molar-refractivity contribution is 5.79. The number of benzene rings is 1. The lowest BCUT2D eigenvalue weighted by atomic mass is 9.80. The van der Waals surface area contributed by atoms with E-state index in [4.69, 9.17) is 0 Å². The second kappa shape index (κ2) is 6.89. The lowest BCUT2D eigenvalue weighted by Crippen LogP contribution is -2.43. The monoisotopic (exact) mass is 293 g/mol. The number of hydrogen-bond acceptors (Lipinski definition) is 2. The third-order valence-electron chi connectivity index (χ3n) is 3.84. The highest BCUT2D eigenvalue weighted by Crippen LogP contribution is 2.31. The smallest absolute Gasteiger partial charge is 0.194 e. The zero-order chi connectivity index (χ0) is 15.3. The average molecular weight is 293 g/mol. The van der Waals surface area contributed by atoms with Crippen LogP contribution in [0.5, 0.6) is 0 Å². The molecule has 0 aromatic heterocycles. The van der Waals surface area contributed by atoms with E-state index in [1.165, 1.54) is 12.1 Å². The van der Waals surface area contributed by atoms with Crippen LogP contribution < -0.4 is 5.32 Å². The molecule has 1 aliphatic carbocycles. The molecule has 5 heteroatoms. The standard InChI is InChI=1S/C16H24FN3O/c1-3-18-15(19-12-16(21)9-4-10-16)20(2)11-13-5-7-14(17)8-6-13/h5-8,21H,3-4,9-12H2,1-2H3,(H,18,19). The predicted octanol–water partition coefficient (Wildman–Crippen LogP) is 2.14. The molecular weight excluding hydrogens is 269 g/mol. The fraction of sp³-hybridized carbons (Fsp3) is 0.562. The van der Waals surface area contributed by atoms with E-state index in [-0.39, 0.29) is 5.82 Å². The summed E-state index contributed by atoms with van der Waals surface area (Å²) >= 11 is 0. The van der Waals surface area contributed by atoms with Crippen LogP contribution in [0.3, 0.4) is 0 Å². The third-order valence-corrected chi connectivity index (χ3v) is 3.84. The van der Waals surface area contributed by atoms with Gasteiger partial charge in [-0.3, -0.25) is 4.99 Å². The summed E-state index contributed by atoms with van der Waals surface area (Å²) in [5, 5.41) is 13.4. The quantitative estimate of drug-likeness (QED) is 0.646. The van der Waals surface area contributed by atoms with Crippen LogP contribution in [0.4, 0.5) is 4.39 Å². The fourth-order valence-corrected chi connectivity index (χ4v) is 2.37.